The molecule has 5 heteroatoms. The Bertz CT molecular complexity index is 147. The van der Waals surface area contributed by atoms with Crippen molar-refractivity contribution in [2.45, 2.75) is 25.7 Å². The number of rotatable bonds is 2. The van der Waals surface area contributed by atoms with Crippen LogP contribution in [-0.2, 0) is 4.79 Å². The standard InChI is InChI=1S/C8H15NO2.2Na.2H/c9-5-6-1-3-7(4-2-6)8(10)11;;;;/h6-7H,1-5,9H2,(H,10,11);;;;/t6-,7-;;;;. The summed E-state index contributed by atoms with van der Waals surface area (Å²) < 4.78 is 0. The van der Waals surface area contributed by atoms with E-state index in [-0.39, 0.29) is 65.0 Å². The van der Waals surface area contributed by atoms with Gasteiger partial charge in [-0.1, -0.05) is 0 Å². The van der Waals surface area contributed by atoms with Gasteiger partial charge in [0, 0.05) is 0 Å². The molecule has 0 heterocycles. The third kappa shape index (κ3) is 5.78. The summed E-state index contributed by atoms with van der Waals surface area (Å²) in [6.07, 6.45) is 3.62. The SMILES string of the molecule is NC[C@H]1CC[C@H](C(=O)O)CC1.[NaH].[NaH]. The Morgan fingerprint density at radius 1 is 1.23 bits per heavy atom. The van der Waals surface area contributed by atoms with Gasteiger partial charge in [0.15, 0.2) is 0 Å². The van der Waals surface area contributed by atoms with E-state index in [0.29, 0.717) is 12.5 Å². The topological polar surface area (TPSA) is 63.3 Å². The summed E-state index contributed by atoms with van der Waals surface area (Å²) in [5.74, 6) is -0.163. The van der Waals surface area contributed by atoms with Crippen molar-refractivity contribution in [3.8, 4) is 0 Å². The number of hydrogen-bond acceptors (Lipinski definition) is 2. The Hall–Kier alpha value is 1.43. The molecule has 0 aromatic rings. The molecule has 0 aliphatic heterocycles. The molecule has 3 N–H and O–H groups in total. The number of nitrogens with two attached hydrogens (primary N) is 1. The van der Waals surface area contributed by atoms with Gasteiger partial charge in [-0.2, -0.15) is 0 Å². The Morgan fingerprint density at radius 3 is 2.00 bits per heavy atom. The first-order valence-corrected chi connectivity index (χ1v) is 4.17. The quantitative estimate of drug-likeness (QED) is 0.599. The number of aliphatic carboxylic acids is 1. The predicted octanol–water partition coefficient (Wildman–Crippen LogP) is -0.461. The molecule has 68 valence electrons. The van der Waals surface area contributed by atoms with E-state index in [9.17, 15) is 4.79 Å². The van der Waals surface area contributed by atoms with Crippen molar-refractivity contribution >= 4 is 65.1 Å². The van der Waals surface area contributed by atoms with Crippen LogP contribution in [0.25, 0.3) is 0 Å². The van der Waals surface area contributed by atoms with Gasteiger partial charge in [0.25, 0.3) is 0 Å². The second-order valence-corrected chi connectivity index (χ2v) is 3.29. The van der Waals surface area contributed by atoms with E-state index >= 15 is 0 Å². The summed E-state index contributed by atoms with van der Waals surface area (Å²) in [4.78, 5) is 10.5. The molecule has 0 spiro atoms. The van der Waals surface area contributed by atoms with Gasteiger partial charge >= 0.3 is 65.1 Å². The van der Waals surface area contributed by atoms with E-state index in [1.54, 1.807) is 0 Å². The van der Waals surface area contributed by atoms with Crippen molar-refractivity contribution in [3.05, 3.63) is 0 Å². The summed E-state index contributed by atoms with van der Waals surface area (Å²) >= 11 is 0. The molecule has 0 aromatic heterocycles. The Morgan fingerprint density at radius 2 is 1.69 bits per heavy atom. The molecule has 0 atom stereocenters. The van der Waals surface area contributed by atoms with Gasteiger partial charge in [0.1, 0.15) is 0 Å². The number of carboxylic acids is 1. The van der Waals surface area contributed by atoms with Crippen LogP contribution in [-0.4, -0.2) is 76.7 Å². The van der Waals surface area contributed by atoms with Gasteiger partial charge in [0.05, 0.1) is 5.92 Å². The fourth-order valence-corrected chi connectivity index (χ4v) is 1.65. The molecule has 0 radical (unpaired) electrons. The van der Waals surface area contributed by atoms with E-state index in [1.165, 1.54) is 0 Å². The predicted molar refractivity (Wildman–Crippen MR) is 56.4 cm³/mol. The van der Waals surface area contributed by atoms with Gasteiger partial charge in [-0.05, 0) is 38.1 Å². The molecule has 1 saturated carbocycles. The first-order valence-electron chi connectivity index (χ1n) is 4.17. The molecule has 0 unspecified atom stereocenters. The van der Waals surface area contributed by atoms with Crippen LogP contribution in [0.4, 0.5) is 0 Å². The van der Waals surface area contributed by atoms with Crippen molar-refractivity contribution in [1.82, 2.24) is 0 Å². The molecule has 1 aliphatic carbocycles. The Kier molecular flexibility index (Phi) is 11.3. The molecular formula is C8H17NNa2O2. The van der Waals surface area contributed by atoms with Crippen molar-refractivity contribution in [1.29, 1.82) is 0 Å². The Labute approximate surface area is 123 Å². The van der Waals surface area contributed by atoms with Crippen LogP contribution >= 0.6 is 0 Å². The summed E-state index contributed by atoms with van der Waals surface area (Å²) in [6.45, 7) is 0.715. The number of carboxylic acid groups (broad SMARTS) is 1. The first-order chi connectivity index (χ1) is 5.24. The fraction of sp³-hybridized carbons (Fsp3) is 0.875. The zero-order valence-electron chi connectivity index (χ0n) is 6.62. The minimum absolute atomic E-state index is 0. The maximum absolute atomic E-state index is 10.5. The number of hydrogen-bond donors (Lipinski definition) is 2. The van der Waals surface area contributed by atoms with Crippen molar-refractivity contribution < 1.29 is 9.90 Å². The molecule has 0 amide bonds. The van der Waals surface area contributed by atoms with E-state index in [4.69, 9.17) is 10.8 Å². The zero-order chi connectivity index (χ0) is 8.27. The van der Waals surface area contributed by atoms with Crippen molar-refractivity contribution in [3.63, 3.8) is 0 Å². The van der Waals surface area contributed by atoms with E-state index in [2.05, 4.69) is 0 Å². The van der Waals surface area contributed by atoms with Gasteiger partial charge in [-0.25, -0.2) is 0 Å². The molecule has 13 heavy (non-hydrogen) atoms. The van der Waals surface area contributed by atoms with Gasteiger partial charge < -0.3 is 10.8 Å². The van der Waals surface area contributed by atoms with Crippen LogP contribution in [0.5, 0.6) is 0 Å². The van der Waals surface area contributed by atoms with E-state index < -0.39 is 5.97 Å². The van der Waals surface area contributed by atoms with E-state index in [1.807, 2.05) is 0 Å². The molecule has 3 nitrogen and oxygen atoms in total. The molecule has 0 aromatic carbocycles. The van der Waals surface area contributed by atoms with Crippen LogP contribution in [0.15, 0.2) is 0 Å². The fourth-order valence-electron chi connectivity index (χ4n) is 1.65. The van der Waals surface area contributed by atoms with E-state index in [0.717, 1.165) is 25.7 Å². The van der Waals surface area contributed by atoms with Gasteiger partial charge in [0.2, 0.25) is 0 Å². The molecule has 1 aliphatic rings. The maximum atomic E-state index is 10.5. The average Bonchev–Trinajstić information content (AvgIpc) is 2.05. The summed E-state index contributed by atoms with van der Waals surface area (Å²) in [5, 5.41) is 8.67. The first kappa shape index (κ1) is 16.8. The van der Waals surface area contributed by atoms with Crippen molar-refractivity contribution in [2.75, 3.05) is 6.54 Å². The molecule has 1 fully saturated rings. The summed E-state index contributed by atoms with van der Waals surface area (Å²) in [6, 6.07) is 0. The third-order valence-electron chi connectivity index (χ3n) is 2.53. The summed E-state index contributed by atoms with van der Waals surface area (Å²) in [7, 11) is 0. The average molecular weight is 205 g/mol. The van der Waals surface area contributed by atoms with Gasteiger partial charge in [-0.3, -0.25) is 4.79 Å². The second kappa shape index (κ2) is 8.72. The summed E-state index contributed by atoms with van der Waals surface area (Å²) in [5.41, 5.74) is 5.48. The van der Waals surface area contributed by atoms with Crippen molar-refractivity contribution in [2.24, 2.45) is 17.6 Å². The molecular weight excluding hydrogens is 188 g/mol. The normalized spacial score (nSPS) is 26.8. The molecule has 0 bridgehead atoms. The number of carbonyl (C=O) groups is 1. The van der Waals surface area contributed by atoms with Crippen LogP contribution in [0.3, 0.4) is 0 Å². The zero-order valence-corrected chi connectivity index (χ0v) is 6.62. The second-order valence-electron chi connectivity index (χ2n) is 3.29. The van der Waals surface area contributed by atoms with Crippen LogP contribution in [0.2, 0.25) is 0 Å². The molecule has 1 rings (SSSR count). The Balaban J connectivity index is 0. The van der Waals surface area contributed by atoms with Gasteiger partial charge in [-0.15, -0.1) is 0 Å². The molecule has 0 saturated heterocycles. The monoisotopic (exact) mass is 205 g/mol. The van der Waals surface area contributed by atoms with Crippen LogP contribution < -0.4 is 5.73 Å². The van der Waals surface area contributed by atoms with Crippen LogP contribution in [0, 0.1) is 11.8 Å². The minimum atomic E-state index is -0.638. The third-order valence-corrected chi connectivity index (χ3v) is 2.53. The van der Waals surface area contributed by atoms with Crippen LogP contribution in [0.1, 0.15) is 25.7 Å².